The molecule has 17 heavy (non-hydrogen) atoms. The molecule has 0 saturated heterocycles. The smallest absolute Gasteiger partial charge is 0.128 e. The van der Waals surface area contributed by atoms with Crippen molar-refractivity contribution in [3.05, 3.63) is 36.2 Å². The number of nitrogen functional groups attached to an aromatic ring is 1. The Morgan fingerprint density at radius 1 is 1.18 bits per heavy atom. The van der Waals surface area contributed by atoms with Crippen molar-refractivity contribution in [3.8, 4) is 5.75 Å². The van der Waals surface area contributed by atoms with Gasteiger partial charge in [-0.2, -0.15) is 0 Å². The third kappa shape index (κ3) is 3.10. The van der Waals surface area contributed by atoms with Crippen LogP contribution in [0.1, 0.15) is 5.82 Å². The van der Waals surface area contributed by atoms with E-state index >= 15 is 0 Å². The standard InChI is InChI=1S/C12H13N3OS/c1-8-14-11(13)7-12(15-8)17-10-5-3-9(16-2)4-6-10/h3-7H,1-2H3,(H2,13,14,15). The van der Waals surface area contributed by atoms with Gasteiger partial charge in [-0.3, -0.25) is 0 Å². The van der Waals surface area contributed by atoms with Crippen LogP contribution >= 0.6 is 11.8 Å². The average Bonchev–Trinajstić information content (AvgIpc) is 2.28. The van der Waals surface area contributed by atoms with Crippen LogP contribution in [0.25, 0.3) is 0 Å². The van der Waals surface area contributed by atoms with E-state index in [2.05, 4.69) is 9.97 Å². The molecule has 0 atom stereocenters. The monoisotopic (exact) mass is 247 g/mol. The topological polar surface area (TPSA) is 61.0 Å². The number of nitrogens with two attached hydrogens (primary N) is 1. The number of methoxy groups -OCH3 is 1. The van der Waals surface area contributed by atoms with Crippen molar-refractivity contribution in [1.82, 2.24) is 9.97 Å². The lowest BCUT2D eigenvalue weighted by Crippen LogP contribution is -1.96. The molecule has 1 heterocycles. The molecule has 0 spiro atoms. The normalized spacial score (nSPS) is 10.2. The maximum atomic E-state index is 5.67. The Hall–Kier alpha value is -1.75. The van der Waals surface area contributed by atoms with E-state index in [4.69, 9.17) is 10.5 Å². The predicted molar refractivity (Wildman–Crippen MR) is 68.3 cm³/mol. The van der Waals surface area contributed by atoms with Crippen molar-refractivity contribution in [2.24, 2.45) is 0 Å². The van der Waals surface area contributed by atoms with Gasteiger partial charge in [0.15, 0.2) is 0 Å². The third-order valence-electron chi connectivity index (χ3n) is 2.12. The number of hydrogen-bond acceptors (Lipinski definition) is 5. The SMILES string of the molecule is COc1ccc(Sc2cc(N)nc(C)n2)cc1. The van der Waals surface area contributed by atoms with Gasteiger partial charge in [-0.15, -0.1) is 0 Å². The molecule has 0 fully saturated rings. The van der Waals surface area contributed by atoms with Crippen molar-refractivity contribution in [3.63, 3.8) is 0 Å². The molecule has 0 amide bonds. The Morgan fingerprint density at radius 2 is 1.88 bits per heavy atom. The molecular formula is C12H13N3OS. The zero-order chi connectivity index (χ0) is 12.3. The summed E-state index contributed by atoms with van der Waals surface area (Å²) in [5.41, 5.74) is 5.67. The molecule has 0 radical (unpaired) electrons. The van der Waals surface area contributed by atoms with Crippen LogP contribution in [0.4, 0.5) is 5.82 Å². The van der Waals surface area contributed by atoms with E-state index in [9.17, 15) is 0 Å². The van der Waals surface area contributed by atoms with Crippen molar-refractivity contribution in [2.75, 3.05) is 12.8 Å². The fraction of sp³-hybridized carbons (Fsp3) is 0.167. The van der Waals surface area contributed by atoms with Crippen molar-refractivity contribution in [2.45, 2.75) is 16.8 Å². The molecule has 1 aromatic carbocycles. The molecule has 0 unspecified atom stereocenters. The second-order valence-electron chi connectivity index (χ2n) is 3.46. The van der Waals surface area contributed by atoms with Gasteiger partial charge < -0.3 is 10.5 Å². The van der Waals surface area contributed by atoms with Gasteiger partial charge in [0.1, 0.15) is 22.4 Å². The second-order valence-corrected chi connectivity index (χ2v) is 4.55. The largest absolute Gasteiger partial charge is 0.497 e. The molecule has 2 rings (SSSR count). The zero-order valence-electron chi connectivity index (χ0n) is 9.68. The van der Waals surface area contributed by atoms with Gasteiger partial charge >= 0.3 is 0 Å². The first kappa shape index (κ1) is 11.7. The molecule has 0 aliphatic heterocycles. The molecule has 0 bridgehead atoms. The highest BCUT2D eigenvalue weighted by Gasteiger charge is 2.02. The maximum absolute atomic E-state index is 5.67. The van der Waals surface area contributed by atoms with Crippen molar-refractivity contribution < 1.29 is 4.74 Å². The lowest BCUT2D eigenvalue weighted by molar-refractivity contribution is 0.414. The van der Waals surface area contributed by atoms with Crippen LogP contribution < -0.4 is 10.5 Å². The Balaban J connectivity index is 2.19. The van der Waals surface area contributed by atoms with E-state index in [-0.39, 0.29) is 0 Å². The quantitative estimate of drug-likeness (QED) is 0.844. The average molecular weight is 247 g/mol. The molecule has 1 aromatic heterocycles. The lowest BCUT2D eigenvalue weighted by atomic mass is 10.3. The van der Waals surface area contributed by atoms with Crippen molar-refractivity contribution >= 4 is 17.6 Å². The summed E-state index contributed by atoms with van der Waals surface area (Å²) in [5.74, 6) is 2.02. The van der Waals surface area contributed by atoms with Crippen LogP contribution in [0, 0.1) is 6.92 Å². The van der Waals surface area contributed by atoms with Crippen LogP contribution in [0.2, 0.25) is 0 Å². The van der Waals surface area contributed by atoms with Gasteiger partial charge in [0, 0.05) is 11.0 Å². The van der Waals surface area contributed by atoms with E-state index < -0.39 is 0 Å². The first-order valence-electron chi connectivity index (χ1n) is 5.10. The number of rotatable bonds is 3. The molecule has 2 aromatic rings. The molecule has 0 saturated carbocycles. The summed E-state index contributed by atoms with van der Waals surface area (Å²) in [7, 11) is 1.65. The summed E-state index contributed by atoms with van der Waals surface area (Å²) in [5, 5.41) is 0.847. The molecule has 2 N–H and O–H groups in total. The van der Waals surface area contributed by atoms with Gasteiger partial charge in [-0.05, 0) is 31.2 Å². The highest BCUT2D eigenvalue weighted by molar-refractivity contribution is 7.99. The predicted octanol–water partition coefficient (Wildman–Crippen LogP) is 2.53. The van der Waals surface area contributed by atoms with Crippen LogP contribution in [0.5, 0.6) is 5.75 Å². The Morgan fingerprint density at radius 3 is 2.47 bits per heavy atom. The van der Waals surface area contributed by atoms with E-state index in [0.29, 0.717) is 11.6 Å². The molecule has 0 aliphatic carbocycles. The lowest BCUT2D eigenvalue weighted by Gasteiger charge is -2.04. The van der Waals surface area contributed by atoms with E-state index in [1.54, 1.807) is 24.9 Å². The Labute approximate surface area is 104 Å². The fourth-order valence-corrected chi connectivity index (χ4v) is 2.25. The van der Waals surface area contributed by atoms with E-state index in [0.717, 1.165) is 15.7 Å². The number of ether oxygens (including phenoxy) is 1. The minimum atomic E-state index is 0.494. The van der Waals surface area contributed by atoms with Crippen LogP contribution in [0.15, 0.2) is 40.3 Å². The number of aromatic nitrogens is 2. The second kappa shape index (κ2) is 5.05. The number of hydrogen-bond donors (Lipinski definition) is 1. The molecule has 88 valence electrons. The number of aryl methyl sites for hydroxylation is 1. The van der Waals surface area contributed by atoms with E-state index in [1.807, 2.05) is 31.2 Å². The summed E-state index contributed by atoms with van der Waals surface area (Å²) < 4.78 is 5.10. The summed E-state index contributed by atoms with van der Waals surface area (Å²) in [4.78, 5) is 9.44. The summed E-state index contributed by atoms with van der Waals surface area (Å²) in [6.07, 6.45) is 0. The van der Waals surface area contributed by atoms with E-state index in [1.165, 1.54) is 0 Å². The zero-order valence-corrected chi connectivity index (χ0v) is 10.5. The van der Waals surface area contributed by atoms with Crippen LogP contribution in [-0.2, 0) is 0 Å². The summed E-state index contributed by atoms with van der Waals surface area (Å²) >= 11 is 1.55. The van der Waals surface area contributed by atoms with Crippen molar-refractivity contribution in [1.29, 1.82) is 0 Å². The number of benzene rings is 1. The van der Waals surface area contributed by atoms with Gasteiger partial charge in [-0.1, -0.05) is 11.8 Å². The van der Waals surface area contributed by atoms with Gasteiger partial charge in [0.25, 0.3) is 0 Å². The molecule has 5 heteroatoms. The number of nitrogens with zero attached hydrogens (tertiary/aromatic N) is 2. The number of anilines is 1. The molecule has 4 nitrogen and oxygen atoms in total. The highest BCUT2D eigenvalue weighted by Crippen LogP contribution is 2.28. The van der Waals surface area contributed by atoms with Gasteiger partial charge in [-0.25, -0.2) is 9.97 Å². The van der Waals surface area contributed by atoms with Crippen LogP contribution in [0.3, 0.4) is 0 Å². The highest BCUT2D eigenvalue weighted by atomic mass is 32.2. The summed E-state index contributed by atoms with van der Waals surface area (Å²) in [6, 6.07) is 9.57. The van der Waals surface area contributed by atoms with Gasteiger partial charge in [0.05, 0.1) is 7.11 Å². The maximum Gasteiger partial charge on any atom is 0.128 e. The summed E-state index contributed by atoms with van der Waals surface area (Å²) in [6.45, 7) is 1.83. The molecular weight excluding hydrogens is 234 g/mol. The third-order valence-corrected chi connectivity index (χ3v) is 3.04. The first-order valence-corrected chi connectivity index (χ1v) is 5.92. The minimum absolute atomic E-state index is 0.494. The minimum Gasteiger partial charge on any atom is -0.497 e. The first-order chi connectivity index (χ1) is 8.17. The Bertz CT molecular complexity index is 493. The Kier molecular flexibility index (Phi) is 3.49. The molecule has 0 aliphatic rings. The fourth-order valence-electron chi connectivity index (χ4n) is 1.38. The van der Waals surface area contributed by atoms with Crippen LogP contribution in [-0.4, -0.2) is 17.1 Å². The van der Waals surface area contributed by atoms with Gasteiger partial charge in [0.2, 0.25) is 0 Å².